The molecule has 92 heavy (non-hydrogen) atoms. The maximum atomic E-state index is 13.4. The molecule has 10 atom stereocenters. The second-order valence-corrected chi connectivity index (χ2v) is 29.9. The lowest BCUT2D eigenvalue weighted by Crippen LogP contribution is -2.54. The zero-order valence-electron chi connectivity index (χ0n) is 59.7. The van der Waals surface area contributed by atoms with Gasteiger partial charge in [0.05, 0.1) is 0 Å². The van der Waals surface area contributed by atoms with Gasteiger partial charge < -0.3 is 28.4 Å². The van der Waals surface area contributed by atoms with Crippen molar-refractivity contribution in [2.45, 2.75) is 344 Å². The largest absolute Gasteiger partial charge is 0.508 e. The van der Waals surface area contributed by atoms with E-state index in [0.29, 0.717) is 48.0 Å². The second kappa shape index (κ2) is 43.6. The molecule has 0 radical (unpaired) electrons. The summed E-state index contributed by atoms with van der Waals surface area (Å²) in [5.74, 6) is 2.04. The van der Waals surface area contributed by atoms with Gasteiger partial charge in [-0.25, -0.2) is 4.79 Å². The van der Waals surface area contributed by atoms with Crippen LogP contribution in [0.1, 0.15) is 328 Å². The van der Waals surface area contributed by atoms with Crippen LogP contribution in [-0.2, 0) is 54.3 Å². The molecule has 0 heterocycles. The van der Waals surface area contributed by atoms with Gasteiger partial charge in [0.1, 0.15) is 37.5 Å². The van der Waals surface area contributed by atoms with E-state index in [0.717, 1.165) is 132 Å². The zero-order chi connectivity index (χ0) is 66.6. The summed E-state index contributed by atoms with van der Waals surface area (Å²) in [4.78, 5) is 78.3. The van der Waals surface area contributed by atoms with Crippen LogP contribution in [0.4, 0.5) is 4.79 Å². The molecule has 4 aliphatic carbocycles. The summed E-state index contributed by atoms with van der Waals surface area (Å²) in [6.07, 6.45) is 50.0. The molecule has 0 aliphatic heterocycles. The first kappa shape index (κ1) is 78.2. The molecule has 12 nitrogen and oxygen atoms in total. The Hall–Kier alpha value is -4.48. The molecule has 0 saturated heterocycles. The van der Waals surface area contributed by atoms with Gasteiger partial charge in [0.25, 0.3) is 0 Å². The summed E-state index contributed by atoms with van der Waals surface area (Å²) in [6, 6.07) is 3.77. The number of allylic oxidation sites excluding steroid dienone is 4. The molecule has 1 aromatic rings. The Morgan fingerprint density at radius 2 is 1.00 bits per heavy atom. The SMILES string of the molecule is CCCCCCCC/C=C\CCCCCCCC(=O)OCC(COC(=O)CCCCCCC/C=C\CCCCCCCC)OC(=O)CC(C)CCC(C)CC(=O)Oc1c(C)cc(COC(=O)O[C@@H]2CC[C@@]3(C)[C@@H](CC[C@@H]4[C@@H]3CC[C@]3(C)[C@@H](C(C)=O)CC[C@@H]43)C2)cc1C. The predicted octanol–water partition coefficient (Wildman–Crippen LogP) is 21.4. The maximum Gasteiger partial charge on any atom is 0.508 e. The number of benzene rings is 1. The normalized spacial score (nSPS) is 23.4. The fourth-order valence-electron chi connectivity index (χ4n) is 16.6. The number of carbonyl (C=O) groups excluding carboxylic acids is 6. The number of rotatable bonds is 47. The molecule has 0 spiro atoms. The van der Waals surface area contributed by atoms with Gasteiger partial charge in [-0.1, -0.05) is 169 Å². The molecule has 12 heteroatoms. The molecule has 2 unspecified atom stereocenters. The summed E-state index contributed by atoms with van der Waals surface area (Å²) in [5.41, 5.74) is 2.71. The fourth-order valence-corrected chi connectivity index (χ4v) is 16.6. The molecule has 4 fully saturated rings. The molecule has 0 amide bonds. The van der Waals surface area contributed by atoms with E-state index in [9.17, 15) is 28.8 Å². The number of carbonyl (C=O) groups is 6. The Labute approximate surface area is 559 Å². The van der Waals surface area contributed by atoms with Crippen LogP contribution in [0, 0.1) is 66.1 Å². The van der Waals surface area contributed by atoms with Crippen LogP contribution in [0.5, 0.6) is 5.75 Å². The zero-order valence-corrected chi connectivity index (χ0v) is 59.7. The second-order valence-electron chi connectivity index (χ2n) is 29.9. The number of aryl methyl sites for hydroxylation is 2. The Balaban J connectivity index is 0.977. The number of ether oxygens (including phenoxy) is 6. The number of esters is 4. The lowest BCUT2D eigenvalue weighted by molar-refractivity contribution is -0.167. The quantitative estimate of drug-likeness (QED) is 0.0200. The molecule has 4 saturated carbocycles. The Morgan fingerprint density at radius 3 is 1.51 bits per heavy atom. The highest BCUT2D eigenvalue weighted by molar-refractivity contribution is 5.79. The smallest absolute Gasteiger partial charge is 0.462 e. The number of fused-ring (bicyclic) bond motifs is 5. The molecule has 0 bridgehead atoms. The number of hydrogen-bond donors (Lipinski definition) is 0. The molecule has 5 rings (SSSR count). The van der Waals surface area contributed by atoms with E-state index < -0.39 is 18.2 Å². The van der Waals surface area contributed by atoms with Crippen LogP contribution in [-0.4, -0.2) is 61.2 Å². The van der Waals surface area contributed by atoms with Gasteiger partial charge in [0, 0.05) is 31.6 Å². The van der Waals surface area contributed by atoms with Crippen LogP contribution >= 0.6 is 0 Å². The number of Topliss-reactive ketones (excluding diaryl/α,β-unsaturated/α-hetero) is 1. The number of unbranched alkanes of at least 4 members (excludes halogenated alkanes) is 22. The van der Waals surface area contributed by atoms with E-state index in [1.807, 2.05) is 39.8 Å². The highest BCUT2D eigenvalue weighted by Crippen LogP contribution is 2.67. The third kappa shape index (κ3) is 28.1. The lowest BCUT2D eigenvalue weighted by Gasteiger charge is -2.61. The molecule has 0 aromatic heterocycles. The van der Waals surface area contributed by atoms with Crippen molar-refractivity contribution in [3.8, 4) is 5.75 Å². The molecular formula is C80H130O12. The van der Waals surface area contributed by atoms with Crippen molar-refractivity contribution >= 4 is 35.8 Å². The summed E-state index contributed by atoms with van der Waals surface area (Å²) < 4.78 is 34.7. The van der Waals surface area contributed by atoms with Gasteiger partial charge in [-0.05, 0) is 231 Å². The third-order valence-electron chi connectivity index (χ3n) is 22.1. The van der Waals surface area contributed by atoms with E-state index in [4.69, 9.17) is 28.4 Å². The van der Waals surface area contributed by atoms with Gasteiger partial charge in [-0.3, -0.25) is 24.0 Å². The number of ketones is 1. The maximum absolute atomic E-state index is 13.4. The van der Waals surface area contributed by atoms with Crippen molar-refractivity contribution in [2.24, 2.45) is 52.3 Å². The van der Waals surface area contributed by atoms with Crippen molar-refractivity contribution in [1.29, 1.82) is 0 Å². The summed E-state index contributed by atoms with van der Waals surface area (Å²) in [5, 5.41) is 0. The van der Waals surface area contributed by atoms with Crippen LogP contribution in [0.15, 0.2) is 36.4 Å². The van der Waals surface area contributed by atoms with E-state index in [1.165, 1.54) is 109 Å². The minimum Gasteiger partial charge on any atom is -0.462 e. The molecule has 0 N–H and O–H groups in total. The highest BCUT2D eigenvalue weighted by Gasteiger charge is 2.61. The van der Waals surface area contributed by atoms with Crippen LogP contribution in [0.2, 0.25) is 0 Å². The van der Waals surface area contributed by atoms with E-state index in [-0.39, 0.29) is 98.1 Å². The van der Waals surface area contributed by atoms with Crippen LogP contribution < -0.4 is 4.74 Å². The topological polar surface area (TPSA) is 158 Å². The first-order valence-corrected chi connectivity index (χ1v) is 37.8. The van der Waals surface area contributed by atoms with Gasteiger partial charge >= 0.3 is 30.0 Å². The Kier molecular flexibility index (Phi) is 37.0. The van der Waals surface area contributed by atoms with Gasteiger partial charge in [-0.15, -0.1) is 0 Å². The van der Waals surface area contributed by atoms with E-state index in [2.05, 4.69) is 52.0 Å². The minimum absolute atomic E-state index is 0.0135. The molecule has 4 aliphatic rings. The standard InChI is InChI=1S/C80H130O12/c1-10-12-14-16-18-20-22-24-26-28-30-32-34-36-38-40-73(82)87-58-68(59-88-74(83)41-39-37-35-33-31-29-27-25-23-21-19-17-15-13-11-2)90-75(84)52-60(3)42-43-61(4)53-76(85)92-77-62(5)54-65(55-63(77)6)57-89-78(86)91-67-48-50-79(8)66(56-67)44-45-69-71-47-46-70(64(7)81)80(71,9)51-49-72(69)79/h24-27,54-55,60-61,66-72H,10-23,28-53,56-59H2,1-9H3/b26-24-,27-25-/t60?,61?,66-,67+,69-,70+,71-,72-,79-,80+/m0/s1. The van der Waals surface area contributed by atoms with Crippen molar-refractivity contribution in [2.75, 3.05) is 13.2 Å². The van der Waals surface area contributed by atoms with Crippen molar-refractivity contribution in [3.05, 3.63) is 53.1 Å². The number of hydrogen-bond acceptors (Lipinski definition) is 12. The first-order valence-electron chi connectivity index (χ1n) is 37.8. The molecule has 1 aromatic carbocycles. The molecule has 522 valence electrons. The fraction of sp³-hybridized carbons (Fsp3) is 0.800. The van der Waals surface area contributed by atoms with Crippen molar-refractivity contribution in [3.63, 3.8) is 0 Å². The highest BCUT2D eigenvalue weighted by atomic mass is 16.7. The monoisotopic (exact) mass is 1280 g/mol. The minimum atomic E-state index is -0.912. The summed E-state index contributed by atoms with van der Waals surface area (Å²) in [6.45, 7) is 18.7. The summed E-state index contributed by atoms with van der Waals surface area (Å²) in [7, 11) is 0. The average Bonchev–Trinajstić information content (AvgIpc) is 1.35. The molecular weight excluding hydrogens is 1150 g/mol. The Bertz CT molecular complexity index is 2310. The van der Waals surface area contributed by atoms with E-state index in [1.54, 1.807) is 6.92 Å². The Morgan fingerprint density at radius 1 is 0.533 bits per heavy atom. The van der Waals surface area contributed by atoms with E-state index >= 15 is 0 Å². The first-order chi connectivity index (χ1) is 44.4. The predicted molar refractivity (Wildman–Crippen MR) is 370 cm³/mol. The van der Waals surface area contributed by atoms with Crippen LogP contribution in [0.25, 0.3) is 0 Å². The van der Waals surface area contributed by atoms with Crippen molar-refractivity contribution in [1.82, 2.24) is 0 Å². The average molecular weight is 1280 g/mol. The van der Waals surface area contributed by atoms with Gasteiger partial charge in [-0.2, -0.15) is 0 Å². The van der Waals surface area contributed by atoms with Crippen LogP contribution in [0.3, 0.4) is 0 Å². The van der Waals surface area contributed by atoms with Gasteiger partial charge in [0.15, 0.2) is 6.10 Å². The van der Waals surface area contributed by atoms with Crippen molar-refractivity contribution < 1.29 is 57.2 Å². The summed E-state index contributed by atoms with van der Waals surface area (Å²) >= 11 is 0. The van der Waals surface area contributed by atoms with Gasteiger partial charge in [0.2, 0.25) is 0 Å². The lowest BCUT2D eigenvalue weighted by atomic mass is 9.44. The third-order valence-corrected chi connectivity index (χ3v) is 22.1.